The number of allylic oxidation sites excluding steroid dienone is 1. The van der Waals surface area contributed by atoms with E-state index in [0.29, 0.717) is 0 Å². The fourth-order valence-electron chi connectivity index (χ4n) is 2.15. The molecule has 0 aromatic carbocycles. The lowest BCUT2D eigenvalue weighted by Gasteiger charge is -2.15. The third-order valence-corrected chi connectivity index (χ3v) is 2.98. The molecule has 0 aromatic heterocycles. The van der Waals surface area contributed by atoms with Crippen LogP contribution < -0.4 is 0 Å². The Kier molecular flexibility index (Phi) is 4.51. The van der Waals surface area contributed by atoms with E-state index in [1.807, 2.05) is 0 Å². The van der Waals surface area contributed by atoms with E-state index >= 15 is 0 Å². The molecule has 0 heterocycles. The van der Waals surface area contributed by atoms with Gasteiger partial charge in [-0.3, -0.25) is 0 Å². The molecule has 1 rings (SSSR count). The van der Waals surface area contributed by atoms with E-state index in [9.17, 15) is 5.11 Å². The average Bonchev–Trinajstić information content (AvgIpc) is 2.26. The minimum absolute atomic E-state index is 0.0300. The van der Waals surface area contributed by atoms with Gasteiger partial charge >= 0.3 is 0 Å². The minimum Gasteiger partial charge on any atom is -0.393 e. The van der Waals surface area contributed by atoms with Gasteiger partial charge in [-0.1, -0.05) is 24.8 Å². The first kappa shape index (κ1) is 10.8. The SMILES string of the molecule is C=C(C)CCC1CCCCC(O)C1. The Labute approximate surface area is 81.9 Å². The van der Waals surface area contributed by atoms with Crippen LogP contribution in [0, 0.1) is 5.92 Å². The molecule has 2 unspecified atom stereocenters. The van der Waals surface area contributed by atoms with Crippen molar-refractivity contribution >= 4 is 0 Å². The molecule has 1 nitrogen and oxygen atoms in total. The molecule has 0 aromatic rings. The molecule has 1 aliphatic rings. The second-order valence-corrected chi connectivity index (χ2v) is 4.54. The van der Waals surface area contributed by atoms with Crippen LogP contribution in [-0.4, -0.2) is 11.2 Å². The normalized spacial score (nSPS) is 29.7. The predicted molar refractivity (Wildman–Crippen MR) is 56.6 cm³/mol. The average molecular weight is 182 g/mol. The summed E-state index contributed by atoms with van der Waals surface area (Å²) in [5.74, 6) is 0.745. The molecule has 0 radical (unpaired) electrons. The van der Waals surface area contributed by atoms with Crippen molar-refractivity contribution in [2.75, 3.05) is 0 Å². The highest BCUT2D eigenvalue weighted by molar-refractivity contribution is 4.88. The van der Waals surface area contributed by atoms with Crippen LogP contribution in [0.5, 0.6) is 0 Å². The lowest BCUT2D eigenvalue weighted by atomic mass is 9.93. The third-order valence-electron chi connectivity index (χ3n) is 2.98. The third kappa shape index (κ3) is 4.47. The van der Waals surface area contributed by atoms with Crippen molar-refractivity contribution < 1.29 is 5.11 Å². The maximum absolute atomic E-state index is 9.60. The molecule has 1 N–H and O–H groups in total. The van der Waals surface area contributed by atoms with Crippen molar-refractivity contribution in [3.63, 3.8) is 0 Å². The van der Waals surface area contributed by atoms with Gasteiger partial charge in [0.25, 0.3) is 0 Å². The number of rotatable bonds is 3. The summed E-state index contributed by atoms with van der Waals surface area (Å²) >= 11 is 0. The molecule has 1 fully saturated rings. The quantitative estimate of drug-likeness (QED) is 0.524. The number of hydrogen-bond acceptors (Lipinski definition) is 1. The Balaban J connectivity index is 2.26. The highest BCUT2D eigenvalue weighted by Crippen LogP contribution is 2.27. The fraction of sp³-hybridized carbons (Fsp3) is 0.833. The summed E-state index contributed by atoms with van der Waals surface area (Å²) in [6.07, 6.45) is 8.20. The molecule has 1 heteroatoms. The number of hydrogen-bond donors (Lipinski definition) is 1. The maximum Gasteiger partial charge on any atom is 0.0542 e. The van der Waals surface area contributed by atoms with Gasteiger partial charge in [0.15, 0.2) is 0 Å². The van der Waals surface area contributed by atoms with Crippen molar-refractivity contribution in [2.45, 2.75) is 58.0 Å². The van der Waals surface area contributed by atoms with Gasteiger partial charge in [0.05, 0.1) is 6.10 Å². The van der Waals surface area contributed by atoms with E-state index in [-0.39, 0.29) is 6.10 Å². The Morgan fingerprint density at radius 1 is 1.38 bits per heavy atom. The van der Waals surface area contributed by atoms with Crippen LogP contribution in [0.2, 0.25) is 0 Å². The largest absolute Gasteiger partial charge is 0.393 e. The van der Waals surface area contributed by atoms with Gasteiger partial charge < -0.3 is 5.11 Å². The monoisotopic (exact) mass is 182 g/mol. The molecule has 0 spiro atoms. The molecule has 2 atom stereocenters. The smallest absolute Gasteiger partial charge is 0.0542 e. The Morgan fingerprint density at radius 2 is 2.08 bits per heavy atom. The van der Waals surface area contributed by atoms with Crippen LogP contribution >= 0.6 is 0 Å². The van der Waals surface area contributed by atoms with Gasteiger partial charge in [0.2, 0.25) is 0 Å². The zero-order valence-electron chi connectivity index (χ0n) is 8.76. The van der Waals surface area contributed by atoms with Crippen LogP contribution in [0.4, 0.5) is 0 Å². The van der Waals surface area contributed by atoms with E-state index in [4.69, 9.17) is 0 Å². The Bertz CT molecular complexity index is 163. The van der Waals surface area contributed by atoms with Crippen LogP contribution in [0.1, 0.15) is 51.9 Å². The van der Waals surface area contributed by atoms with Crippen LogP contribution in [0.25, 0.3) is 0 Å². The summed E-state index contributed by atoms with van der Waals surface area (Å²) in [6, 6.07) is 0. The zero-order valence-corrected chi connectivity index (χ0v) is 8.76. The molecule has 13 heavy (non-hydrogen) atoms. The highest BCUT2D eigenvalue weighted by Gasteiger charge is 2.17. The van der Waals surface area contributed by atoms with E-state index in [2.05, 4.69) is 13.5 Å². The highest BCUT2D eigenvalue weighted by atomic mass is 16.3. The maximum atomic E-state index is 9.60. The fourth-order valence-corrected chi connectivity index (χ4v) is 2.15. The van der Waals surface area contributed by atoms with Gasteiger partial charge in [0, 0.05) is 0 Å². The molecular formula is C12H22O. The first-order valence-electron chi connectivity index (χ1n) is 5.51. The molecule has 0 bridgehead atoms. The molecule has 1 saturated carbocycles. The summed E-state index contributed by atoms with van der Waals surface area (Å²) in [5, 5.41) is 9.60. The minimum atomic E-state index is -0.0300. The Morgan fingerprint density at radius 3 is 2.77 bits per heavy atom. The lowest BCUT2D eigenvalue weighted by molar-refractivity contribution is 0.139. The van der Waals surface area contributed by atoms with Crippen molar-refractivity contribution in [1.82, 2.24) is 0 Å². The molecule has 1 aliphatic carbocycles. The lowest BCUT2D eigenvalue weighted by Crippen LogP contribution is -2.10. The summed E-state index contributed by atoms with van der Waals surface area (Å²) < 4.78 is 0. The van der Waals surface area contributed by atoms with Gasteiger partial charge in [-0.05, 0) is 38.5 Å². The van der Waals surface area contributed by atoms with Crippen molar-refractivity contribution in [1.29, 1.82) is 0 Å². The van der Waals surface area contributed by atoms with Gasteiger partial charge in [-0.25, -0.2) is 0 Å². The van der Waals surface area contributed by atoms with E-state index in [0.717, 1.165) is 25.2 Å². The topological polar surface area (TPSA) is 20.2 Å². The molecule has 0 amide bonds. The van der Waals surface area contributed by atoms with E-state index < -0.39 is 0 Å². The van der Waals surface area contributed by atoms with E-state index in [1.165, 1.54) is 31.3 Å². The summed E-state index contributed by atoms with van der Waals surface area (Å²) in [4.78, 5) is 0. The second-order valence-electron chi connectivity index (χ2n) is 4.54. The Hall–Kier alpha value is -0.300. The van der Waals surface area contributed by atoms with Crippen LogP contribution in [0.15, 0.2) is 12.2 Å². The van der Waals surface area contributed by atoms with E-state index in [1.54, 1.807) is 0 Å². The summed E-state index contributed by atoms with van der Waals surface area (Å²) in [6.45, 7) is 6.01. The number of aliphatic hydroxyl groups is 1. The summed E-state index contributed by atoms with van der Waals surface area (Å²) in [5.41, 5.74) is 1.28. The summed E-state index contributed by atoms with van der Waals surface area (Å²) in [7, 11) is 0. The van der Waals surface area contributed by atoms with Crippen LogP contribution in [-0.2, 0) is 0 Å². The first-order chi connectivity index (χ1) is 6.18. The van der Waals surface area contributed by atoms with Crippen molar-refractivity contribution in [3.8, 4) is 0 Å². The molecule has 76 valence electrons. The molecular weight excluding hydrogens is 160 g/mol. The molecule has 0 saturated heterocycles. The van der Waals surface area contributed by atoms with Gasteiger partial charge in [-0.15, -0.1) is 6.58 Å². The molecule has 0 aliphatic heterocycles. The van der Waals surface area contributed by atoms with Gasteiger partial charge in [0.1, 0.15) is 0 Å². The predicted octanol–water partition coefficient (Wildman–Crippen LogP) is 3.28. The zero-order chi connectivity index (χ0) is 9.68. The van der Waals surface area contributed by atoms with Crippen molar-refractivity contribution in [2.24, 2.45) is 5.92 Å². The van der Waals surface area contributed by atoms with Gasteiger partial charge in [-0.2, -0.15) is 0 Å². The van der Waals surface area contributed by atoms with Crippen LogP contribution in [0.3, 0.4) is 0 Å². The second kappa shape index (κ2) is 5.43. The first-order valence-corrected chi connectivity index (χ1v) is 5.51. The van der Waals surface area contributed by atoms with Crippen molar-refractivity contribution in [3.05, 3.63) is 12.2 Å². The standard InChI is InChI=1S/C12H22O/c1-10(2)7-8-11-5-3-4-6-12(13)9-11/h11-13H,1,3-9H2,2H3. The number of aliphatic hydroxyl groups excluding tert-OH is 1.